The molecule has 0 aromatic rings. The Morgan fingerprint density at radius 1 is 1.56 bits per heavy atom. The summed E-state index contributed by atoms with van der Waals surface area (Å²) in [4.78, 5) is 10.00. The fourth-order valence-corrected chi connectivity index (χ4v) is 1.72. The van der Waals surface area contributed by atoms with Crippen LogP contribution in [0.4, 0.5) is 4.79 Å². The van der Waals surface area contributed by atoms with Gasteiger partial charge in [0.15, 0.2) is 0 Å². The van der Waals surface area contributed by atoms with E-state index in [4.69, 9.17) is 11.5 Å². The molecule has 1 amide bonds. The molecule has 0 aromatic heterocycles. The number of rotatable bonds is 1. The van der Waals surface area contributed by atoms with Gasteiger partial charge in [-0.05, 0) is 31.0 Å². The van der Waals surface area contributed by atoms with Crippen LogP contribution in [0.2, 0.25) is 0 Å². The van der Waals surface area contributed by atoms with Gasteiger partial charge in [0.1, 0.15) is 0 Å². The molecule has 0 bridgehead atoms. The zero-order chi connectivity index (χ0) is 6.91. The van der Waals surface area contributed by atoms with Gasteiger partial charge >= 0.3 is 0 Å². The lowest BCUT2D eigenvalue weighted by Crippen LogP contribution is -2.44. The summed E-state index contributed by atoms with van der Waals surface area (Å²) in [6.45, 7) is 0. The Morgan fingerprint density at radius 3 is 2.22 bits per heavy atom. The van der Waals surface area contributed by atoms with E-state index in [-0.39, 0.29) is 10.1 Å². The fraction of sp³-hybridized carbons (Fsp3) is 0.800. The molecule has 0 unspecified atom stereocenters. The Labute approximate surface area is 58.2 Å². The second-order valence-electron chi connectivity index (χ2n) is 2.34. The minimum Gasteiger partial charge on any atom is -0.360 e. The van der Waals surface area contributed by atoms with Crippen molar-refractivity contribution in [2.75, 3.05) is 0 Å². The van der Waals surface area contributed by atoms with Crippen LogP contribution < -0.4 is 11.5 Å². The van der Waals surface area contributed by atoms with E-state index in [0.29, 0.717) is 0 Å². The Bertz CT molecular complexity index is 133. The third-order valence-electron chi connectivity index (χ3n) is 1.50. The number of carbonyl (C=O) groups excluding carboxylic acids is 1. The Balaban J connectivity index is 2.33. The van der Waals surface area contributed by atoms with Crippen LogP contribution in [0.1, 0.15) is 19.3 Å². The lowest BCUT2D eigenvalue weighted by atomic mass is 9.93. The molecule has 0 radical (unpaired) electrons. The SMILES string of the molecule is NC(=O)SC1(N)CCC1. The summed E-state index contributed by atoms with van der Waals surface area (Å²) < 4.78 is 0. The maximum absolute atomic E-state index is 10.3. The largest absolute Gasteiger partial charge is 0.360 e. The molecule has 1 aliphatic rings. The summed E-state index contributed by atoms with van der Waals surface area (Å²) in [5.41, 5.74) is 10.6. The summed E-state index contributed by atoms with van der Waals surface area (Å²) in [5, 5.41) is -0.364. The van der Waals surface area contributed by atoms with Crippen molar-refractivity contribution in [2.24, 2.45) is 11.5 Å². The van der Waals surface area contributed by atoms with Gasteiger partial charge in [-0.2, -0.15) is 0 Å². The molecule has 1 aliphatic carbocycles. The first-order valence-corrected chi connectivity index (χ1v) is 3.71. The zero-order valence-electron chi connectivity index (χ0n) is 5.09. The molecule has 0 heterocycles. The number of thioether (sulfide) groups is 1. The first kappa shape index (κ1) is 6.89. The molecular weight excluding hydrogens is 136 g/mol. The maximum atomic E-state index is 10.3. The van der Waals surface area contributed by atoms with Gasteiger partial charge in [0.05, 0.1) is 4.87 Å². The average molecular weight is 146 g/mol. The topological polar surface area (TPSA) is 69.1 Å². The number of carbonyl (C=O) groups is 1. The molecule has 3 nitrogen and oxygen atoms in total. The first-order chi connectivity index (χ1) is 4.12. The molecule has 0 saturated heterocycles. The van der Waals surface area contributed by atoms with E-state index in [1.807, 2.05) is 0 Å². The van der Waals surface area contributed by atoms with Gasteiger partial charge < -0.3 is 11.5 Å². The highest BCUT2D eigenvalue weighted by Gasteiger charge is 2.34. The van der Waals surface area contributed by atoms with Crippen molar-refractivity contribution in [3.63, 3.8) is 0 Å². The smallest absolute Gasteiger partial charge is 0.278 e. The van der Waals surface area contributed by atoms with Crippen molar-refractivity contribution in [1.29, 1.82) is 0 Å². The van der Waals surface area contributed by atoms with Crippen LogP contribution in [0.25, 0.3) is 0 Å². The Kier molecular flexibility index (Phi) is 1.68. The average Bonchev–Trinajstić information content (AvgIpc) is 1.60. The third kappa shape index (κ3) is 1.59. The highest BCUT2D eigenvalue weighted by molar-refractivity contribution is 8.14. The first-order valence-electron chi connectivity index (χ1n) is 2.90. The summed E-state index contributed by atoms with van der Waals surface area (Å²) in [5.74, 6) is 0. The van der Waals surface area contributed by atoms with Gasteiger partial charge in [-0.25, -0.2) is 0 Å². The normalized spacial score (nSPS) is 22.8. The van der Waals surface area contributed by atoms with Gasteiger partial charge in [-0.3, -0.25) is 4.79 Å². The molecular formula is C5H10N2OS. The van der Waals surface area contributed by atoms with Crippen LogP contribution in [0, 0.1) is 0 Å². The molecule has 4 heteroatoms. The lowest BCUT2D eigenvalue weighted by Gasteiger charge is -2.35. The van der Waals surface area contributed by atoms with Crippen molar-refractivity contribution < 1.29 is 4.79 Å². The van der Waals surface area contributed by atoms with E-state index in [2.05, 4.69) is 0 Å². The molecule has 0 atom stereocenters. The third-order valence-corrected chi connectivity index (χ3v) is 2.52. The lowest BCUT2D eigenvalue weighted by molar-refractivity contribution is 0.266. The number of amides is 1. The van der Waals surface area contributed by atoms with Gasteiger partial charge in [0.25, 0.3) is 5.24 Å². The van der Waals surface area contributed by atoms with Crippen molar-refractivity contribution in [2.45, 2.75) is 24.1 Å². The predicted octanol–water partition coefficient (Wildman–Crippen LogP) is 0.637. The van der Waals surface area contributed by atoms with Crippen molar-refractivity contribution >= 4 is 17.0 Å². The van der Waals surface area contributed by atoms with E-state index < -0.39 is 0 Å². The van der Waals surface area contributed by atoms with E-state index in [9.17, 15) is 4.79 Å². The van der Waals surface area contributed by atoms with E-state index in [1.165, 1.54) is 0 Å². The standard InChI is InChI=1S/C5H10N2OS/c6-4(8)9-5(7)2-1-3-5/h1-3,7H2,(H2,6,8). The van der Waals surface area contributed by atoms with Gasteiger partial charge in [0.2, 0.25) is 0 Å². The molecule has 1 rings (SSSR count). The summed E-state index contributed by atoms with van der Waals surface area (Å²) in [6.07, 6.45) is 2.96. The molecule has 0 aliphatic heterocycles. The summed E-state index contributed by atoms with van der Waals surface area (Å²) >= 11 is 1.06. The van der Waals surface area contributed by atoms with E-state index in [0.717, 1.165) is 31.0 Å². The number of nitrogens with two attached hydrogens (primary N) is 2. The van der Waals surface area contributed by atoms with Crippen LogP contribution in [-0.4, -0.2) is 10.1 Å². The highest BCUT2D eigenvalue weighted by Crippen LogP contribution is 2.38. The van der Waals surface area contributed by atoms with Gasteiger partial charge in [0, 0.05) is 0 Å². The van der Waals surface area contributed by atoms with Crippen molar-refractivity contribution in [3.05, 3.63) is 0 Å². The number of hydrogen-bond acceptors (Lipinski definition) is 3. The van der Waals surface area contributed by atoms with Crippen LogP contribution in [0.5, 0.6) is 0 Å². The molecule has 0 spiro atoms. The van der Waals surface area contributed by atoms with Crippen LogP contribution in [0.3, 0.4) is 0 Å². The maximum Gasteiger partial charge on any atom is 0.278 e. The quantitative estimate of drug-likeness (QED) is 0.533. The second kappa shape index (κ2) is 2.19. The fourth-order valence-electron chi connectivity index (χ4n) is 0.828. The Hall–Kier alpha value is -0.220. The molecule has 9 heavy (non-hydrogen) atoms. The minimum atomic E-state index is -0.364. The van der Waals surface area contributed by atoms with Crippen molar-refractivity contribution in [3.8, 4) is 0 Å². The zero-order valence-corrected chi connectivity index (χ0v) is 5.91. The molecule has 1 saturated carbocycles. The van der Waals surface area contributed by atoms with E-state index >= 15 is 0 Å². The Morgan fingerprint density at radius 2 is 2.11 bits per heavy atom. The van der Waals surface area contributed by atoms with Crippen molar-refractivity contribution in [1.82, 2.24) is 0 Å². The van der Waals surface area contributed by atoms with Gasteiger partial charge in [-0.1, -0.05) is 0 Å². The predicted molar refractivity (Wildman–Crippen MR) is 37.9 cm³/mol. The molecule has 1 fully saturated rings. The number of primary amides is 1. The van der Waals surface area contributed by atoms with Gasteiger partial charge in [-0.15, -0.1) is 0 Å². The highest BCUT2D eigenvalue weighted by atomic mass is 32.2. The van der Waals surface area contributed by atoms with Crippen LogP contribution in [0.15, 0.2) is 0 Å². The molecule has 52 valence electrons. The second-order valence-corrected chi connectivity index (χ2v) is 3.76. The molecule has 4 N–H and O–H groups in total. The molecule has 0 aromatic carbocycles. The summed E-state index contributed by atoms with van der Waals surface area (Å²) in [7, 11) is 0. The van der Waals surface area contributed by atoms with E-state index in [1.54, 1.807) is 0 Å². The monoisotopic (exact) mass is 146 g/mol. The minimum absolute atomic E-state index is 0.314. The van der Waals surface area contributed by atoms with Crippen LogP contribution >= 0.6 is 11.8 Å². The summed E-state index contributed by atoms with van der Waals surface area (Å²) in [6, 6.07) is 0. The number of hydrogen-bond donors (Lipinski definition) is 2. The van der Waals surface area contributed by atoms with Crippen LogP contribution in [-0.2, 0) is 0 Å².